The number of imide groups is 1. The van der Waals surface area contributed by atoms with E-state index < -0.39 is 0 Å². The van der Waals surface area contributed by atoms with Gasteiger partial charge in [0.1, 0.15) is 5.82 Å². The number of carbonyl (C=O) groups excluding carboxylic acids is 3. The van der Waals surface area contributed by atoms with E-state index in [1.165, 1.54) is 28.4 Å². The molecule has 0 unspecified atom stereocenters. The van der Waals surface area contributed by atoms with E-state index in [0.717, 1.165) is 21.8 Å². The minimum atomic E-state index is -0.317. The van der Waals surface area contributed by atoms with Crippen LogP contribution in [0, 0.1) is 5.82 Å². The van der Waals surface area contributed by atoms with Crippen LogP contribution < -0.4 is 0 Å². The first kappa shape index (κ1) is 16.5. The highest BCUT2D eigenvalue weighted by Gasteiger charge is 2.38. The van der Waals surface area contributed by atoms with Gasteiger partial charge in [0.2, 0.25) is 5.91 Å². The van der Waals surface area contributed by atoms with Crippen LogP contribution in [0.5, 0.6) is 0 Å². The fourth-order valence-corrected chi connectivity index (χ4v) is 5.11. The van der Waals surface area contributed by atoms with Gasteiger partial charge >= 0.3 is 0 Å². The van der Waals surface area contributed by atoms with Crippen molar-refractivity contribution in [1.29, 1.82) is 0 Å². The van der Waals surface area contributed by atoms with Crippen molar-refractivity contribution in [2.75, 3.05) is 18.8 Å². The Bertz CT molecular complexity index is 858. The van der Waals surface area contributed by atoms with E-state index in [0.29, 0.717) is 30.8 Å². The van der Waals surface area contributed by atoms with E-state index in [-0.39, 0.29) is 34.7 Å². The summed E-state index contributed by atoms with van der Waals surface area (Å²) in [5, 5.41) is 0.551. The van der Waals surface area contributed by atoms with Gasteiger partial charge in [-0.1, -0.05) is 11.8 Å². The van der Waals surface area contributed by atoms with Crippen LogP contribution in [-0.4, -0.2) is 51.7 Å². The van der Waals surface area contributed by atoms with Gasteiger partial charge in [-0.05, 0) is 42.5 Å². The van der Waals surface area contributed by atoms with E-state index in [1.54, 1.807) is 17.0 Å². The number of carbonyl (C=O) groups is 3. The van der Waals surface area contributed by atoms with Gasteiger partial charge in [0.15, 0.2) is 0 Å². The minimum Gasteiger partial charge on any atom is -0.338 e. The number of thioether (sulfide) groups is 1. The normalized spacial score (nSPS) is 19.2. The predicted octanol–water partition coefficient (Wildman–Crippen LogP) is 3.34. The Morgan fingerprint density at radius 2 is 1.92 bits per heavy atom. The molecule has 25 heavy (non-hydrogen) atoms. The van der Waals surface area contributed by atoms with Gasteiger partial charge in [-0.3, -0.25) is 19.3 Å². The molecule has 2 aliphatic rings. The van der Waals surface area contributed by atoms with E-state index >= 15 is 0 Å². The van der Waals surface area contributed by atoms with Gasteiger partial charge in [-0.15, -0.1) is 11.3 Å². The third-order valence-corrected chi connectivity index (χ3v) is 6.53. The second-order valence-corrected chi connectivity index (χ2v) is 8.14. The Kier molecular flexibility index (Phi) is 4.24. The Hall–Kier alpha value is -1.93. The number of halogens is 1. The fraction of sp³-hybridized carbons (Fsp3) is 0.353. The summed E-state index contributed by atoms with van der Waals surface area (Å²) in [6.45, 7) is 1.02. The average Bonchev–Trinajstić information content (AvgIpc) is 3.17. The van der Waals surface area contributed by atoms with Crippen LogP contribution in [-0.2, 0) is 4.79 Å². The lowest BCUT2D eigenvalue weighted by atomic mass is 10.0. The van der Waals surface area contributed by atoms with Gasteiger partial charge in [0.05, 0.1) is 10.6 Å². The molecule has 0 bridgehead atoms. The lowest BCUT2D eigenvalue weighted by Gasteiger charge is -2.35. The fourth-order valence-electron chi connectivity index (χ4n) is 3.32. The van der Waals surface area contributed by atoms with Crippen molar-refractivity contribution >= 4 is 50.2 Å². The second kappa shape index (κ2) is 6.42. The number of hydrogen-bond acceptors (Lipinski definition) is 5. The first-order valence-electron chi connectivity index (χ1n) is 8.00. The maximum absolute atomic E-state index is 13.3. The first-order valence-corrected chi connectivity index (χ1v) is 9.80. The molecular formula is C17H15FN2O3S2. The summed E-state index contributed by atoms with van der Waals surface area (Å²) < 4.78 is 14.2. The van der Waals surface area contributed by atoms with E-state index in [2.05, 4.69) is 0 Å². The molecule has 1 aromatic carbocycles. The summed E-state index contributed by atoms with van der Waals surface area (Å²) >= 11 is 2.40. The molecule has 2 saturated heterocycles. The van der Waals surface area contributed by atoms with Gasteiger partial charge in [0, 0.05) is 23.8 Å². The number of nitrogens with zero attached hydrogens (tertiary/aromatic N) is 2. The smallest absolute Gasteiger partial charge is 0.289 e. The highest BCUT2D eigenvalue weighted by atomic mass is 32.2. The van der Waals surface area contributed by atoms with Crippen LogP contribution in [0.25, 0.3) is 10.1 Å². The zero-order valence-electron chi connectivity index (χ0n) is 13.2. The van der Waals surface area contributed by atoms with Crippen molar-refractivity contribution in [3.8, 4) is 0 Å². The topological polar surface area (TPSA) is 57.7 Å². The van der Waals surface area contributed by atoms with Crippen LogP contribution in [0.15, 0.2) is 24.3 Å². The summed E-state index contributed by atoms with van der Waals surface area (Å²) in [5.74, 6) is -0.307. The Balaban J connectivity index is 1.45. The molecule has 1 aromatic heterocycles. The molecule has 5 nitrogen and oxygen atoms in total. The second-order valence-electron chi connectivity index (χ2n) is 6.13. The number of likely N-dealkylation sites (tertiary alicyclic amines) is 1. The standard InChI is InChI=1S/C17H15FN2O3S2/c18-11-1-2-13-10(7-11)8-14(25-13)16(22)19-5-3-12(4-6-19)20-15(21)9-24-17(20)23/h1-2,7-8,12H,3-6,9H2. The van der Waals surface area contributed by atoms with Crippen molar-refractivity contribution in [3.05, 3.63) is 35.0 Å². The lowest BCUT2D eigenvalue weighted by Crippen LogP contribution is -2.48. The van der Waals surface area contributed by atoms with Crippen LogP contribution in [0.2, 0.25) is 0 Å². The molecule has 0 aliphatic carbocycles. The zero-order chi connectivity index (χ0) is 17.6. The molecule has 0 atom stereocenters. The summed E-state index contributed by atoms with van der Waals surface area (Å²) in [5.41, 5.74) is 0. The Labute approximate surface area is 151 Å². The van der Waals surface area contributed by atoms with Crippen LogP contribution in [0.1, 0.15) is 22.5 Å². The number of thiophene rings is 1. The highest BCUT2D eigenvalue weighted by molar-refractivity contribution is 8.14. The van der Waals surface area contributed by atoms with Crippen LogP contribution in [0.3, 0.4) is 0 Å². The predicted molar refractivity (Wildman–Crippen MR) is 95.4 cm³/mol. The van der Waals surface area contributed by atoms with Gasteiger partial charge < -0.3 is 4.90 Å². The van der Waals surface area contributed by atoms with Crippen LogP contribution >= 0.6 is 23.1 Å². The van der Waals surface area contributed by atoms with Gasteiger partial charge in [-0.25, -0.2) is 4.39 Å². The molecule has 0 spiro atoms. The van der Waals surface area contributed by atoms with Crippen LogP contribution in [0.4, 0.5) is 9.18 Å². The number of rotatable bonds is 2. The summed E-state index contributed by atoms with van der Waals surface area (Å²) in [7, 11) is 0. The number of amides is 3. The zero-order valence-corrected chi connectivity index (χ0v) is 14.9. The SMILES string of the molecule is O=C(c1cc2cc(F)ccc2s1)N1CCC(N2C(=O)CSC2=O)CC1. The highest BCUT2D eigenvalue weighted by Crippen LogP contribution is 2.30. The quantitative estimate of drug-likeness (QED) is 0.804. The maximum atomic E-state index is 13.3. The van der Waals surface area contributed by atoms with E-state index in [9.17, 15) is 18.8 Å². The monoisotopic (exact) mass is 378 g/mol. The molecule has 4 rings (SSSR count). The minimum absolute atomic E-state index is 0.0755. The number of hydrogen-bond donors (Lipinski definition) is 0. The molecule has 3 heterocycles. The Morgan fingerprint density at radius 1 is 1.16 bits per heavy atom. The third-order valence-electron chi connectivity index (χ3n) is 4.59. The maximum Gasteiger partial charge on any atom is 0.289 e. The molecule has 2 aliphatic heterocycles. The van der Waals surface area contributed by atoms with Crippen molar-refractivity contribution in [3.63, 3.8) is 0 Å². The molecule has 2 aromatic rings. The molecule has 130 valence electrons. The largest absolute Gasteiger partial charge is 0.338 e. The molecule has 0 radical (unpaired) electrons. The lowest BCUT2D eigenvalue weighted by molar-refractivity contribution is -0.126. The molecule has 0 saturated carbocycles. The summed E-state index contributed by atoms with van der Waals surface area (Å²) in [6, 6.07) is 6.11. The molecule has 3 amide bonds. The molecule has 8 heteroatoms. The molecule has 2 fully saturated rings. The summed E-state index contributed by atoms with van der Waals surface area (Å²) in [4.78, 5) is 40.0. The number of benzene rings is 1. The van der Waals surface area contributed by atoms with Gasteiger partial charge in [0.25, 0.3) is 11.1 Å². The average molecular weight is 378 g/mol. The van der Waals surface area contributed by atoms with Crippen molar-refractivity contribution in [2.45, 2.75) is 18.9 Å². The number of fused-ring (bicyclic) bond motifs is 1. The molecular weight excluding hydrogens is 363 g/mol. The van der Waals surface area contributed by atoms with Crippen molar-refractivity contribution in [1.82, 2.24) is 9.80 Å². The van der Waals surface area contributed by atoms with Crippen molar-refractivity contribution < 1.29 is 18.8 Å². The number of piperidine rings is 1. The van der Waals surface area contributed by atoms with Gasteiger partial charge in [-0.2, -0.15) is 0 Å². The van der Waals surface area contributed by atoms with E-state index in [4.69, 9.17) is 0 Å². The molecule has 0 N–H and O–H groups in total. The Morgan fingerprint density at radius 3 is 2.60 bits per heavy atom. The van der Waals surface area contributed by atoms with E-state index in [1.807, 2.05) is 0 Å². The third kappa shape index (κ3) is 3.04. The van der Waals surface area contributed by atoms with Crippen molar-refractivity contribution in [2.24, 2.45) is 0 Å². The first-order chi connectivity index (χ1) is 12.0. The summed E-state index contributed by atoms with van der Waals surface area (Å²) in [6.07, 6.45) is 1.20.